The fourth-order valence-corrected chi connectivity index (χ4v) is 1.77. The van der Waals surface area contributed by atoms with E-state index in [-0.39, 0.29) is 16.8 Å². The zero-order chi connectivity index (χ0) is 13.3. The van der Waals surface area contributed by atoms with E-state index >= 15 is 0 Å². The fraction of sp³-hybridized carbons (Fsp3) is 0.0909. The number of aryl methyl sites for hydroxylation is 1. The number of rotatable bonds is 2. The Hall–Kier alpha value is -1.23. The van der Waals surface area contributed by atoms with Crippen molar-refractivity contribution in [1.29, 1.82) is 0 Å². The van der Waals surface area contributed by atoms with Crippen LogP contribution < -0.4 is 5.32 Å². The highest BCUT2D eigenvalue weighted by molar-refractivity contribution is 6.41. The summed E-state index contributed by atoms with van der Waals surface area (Å²) in [6.45, 7) is 1.80. The van der Waals surface area contributed by atoms with Crippen LogP contribution in [0.1, 0.15) is 16.1 Å². The van der Waals surface area contributed by atoms with E-state index < -0.39 is 0 Å². The molecule has 0 atom stereocenters. The van der Waals surface area contributed by atoms with E-state index in [2.05, 4.69) is 15.3 Å². The maximum Gasteiger partial charge on any atom is 0.272 e. The van der Waals surface area contributed by atoms with Crippen LogP contribution in [0.4, 0.5) is 5.69 Å². The minimum Gasteiger partial charge on any atom is -0.340 e. The standard InChI is InChI=1S/C11H8Cl3N3O/c1-5-2-6(4-15-9(5)13)16-11(18)8-3-7(12)10(14)17-8/h2-4,17H,1H3,(H,16,18). The van der Waals surface area contributed by atoms with Crippen molar-refractivity contribution in [3.63, 3.8) is 0 Å². The zero-order valence-corrected chi connectivity index (χ0v) is 11.5. The van der Waals surface area contributed by atoms with Gasteiger partial charge in [-0.1, -0.05) is 34.8 Å². The van der Waals surface area contributed by atoms with Gasteiger partial charge in [-0.15, -0.1) is 0 Å². The van der Waals surface area contributed by atoms with Crippen molar-refractivity contribution in [2.24, 2.45) is 0 Å². The van der Waals surface area contributed by atoms with Crippen LogP contribution in [0.5, 0.6) is 0 Å². The maximum absolute atomic E-state index is 11.9. The molecule has 0 saturated carbocycles. The first-order valence-corrected chi connectivity index (χ1v) is 6.08. The summed E-state index contributed by atoms with van der Waals surface area (Å²) in [5.41, 5.74) is 1.60. The lowest BCUT2D eigenvalue weighted by Crippen LogP contribution is -2.12. The minimum absolute atomic E-state index is 0.229. The third kappa shape index (κ3) is 2.77. The van der Waals surface area contributed by atoms with Gasteiger partial charge in [0.25, 0.3) is 5.91 Å². The number of pyridine rings is 1. The van der Waals surface area contributed by atoms with E-state index in [4.69, 9.17) is 34.8 Å². The Morgan fingerprint density at radius 2 is 2.06 bits per heavy atom. The molecule has 0 unspecified atom stereocenters. The number of aromatic nitrogens is 2. The van der Waals surface area contributed by atoms with E-state index in [0.717, 1.165) is 5.56 Å². The second-order valence-electron chi connectivity index (χ2n) is 3.63. The van der Waals surface area contributed by atoms with Crippen LogP contribution in [-0.2, 0) is 0 Å². The van der Waals surface area contributed by atoms with Crippen molar-refractivity contribution < 1.29 is 4.79 Å². The Balaban J connectivity index is 2.18. The van der Waals surface area contributed by atoms with Crippen molar-refractivity contribution in [3.8, 4) is 0 Å². The van der Waals surface area contributed by atoms with E-state index in [0.29, 0.717) is 15.9 Å². The molecule has 0 spiro atoms. The SMILES string of the molecule is Cc1cc(NC(=O)c2cc(Cl)c(Cl)[nH]2)cnc1Cl. The molecule has 0 radical (unpaired) electrons. The first-order chi connectivity index (χ1) is 8.47. The molecule has 2 rings (SSSR count). The molecule has 2 heterocycles. The number of hydrogen-bond acceptors (Lipinski definition) is 2. The van der Waals surface area contributed by atoms with Crippen LogP contribution in [0, 0.1) is 6.92 Å². The number of nitrogens with zero attached hydrogens (tertiary/aromatic N) is 1. The first-order valence-electron chi connectivity index (χ1n) is 4.95. The Morgan fingerprint density at radius 1 is 1.33 bits per heavy atom. The molecule has 0 aliphatic rings. The van der Waals surface area contributed by atoms with Gasteiger partial charge in [-0.2, -0.15) is 0 Å². The van der Waals surface area contributed by atoms with Crippen LogP contribution >= 0.6 is 34.8 Å². The molecule has 2 N–H and O–H groups in total. The van der Waals surface area contributed by atoms with Crippen molar-refractivity contribution in [2.45, 2.75) is 6.92 Å². The molecule has 0 aliphatic carbocycles. The van der Waals surface area contributed by atoms with Gasteiger partial charge in [0.1, 0.15) is 16.0 Å². The third-order valence-electron chi connectivity index (χ3n) is 2.24. The molecular weight excluding hydrogens is 296 g/mol. The molecule has 2 aromatic rings. The fourth-order valence-electron chi connectivity index (χ4n) is 1.35. The van der Waals surface area contributed by atoms with Crippen LogP contribution in [0.2, 0.25) is 15.3 Å². The first kappa shape index (κ1) is 13.2. The lowest BCUT2D eigenvalue weighted by atomic mass is 10.3. The smallest absolute Gasteiger partial charge is 0.272 e. The molecule has 0 saturated heterocycles. The Kier molecular flexibility index (Phi) is 3.80. The summed E-state index contributed by atoms with van der Waals surface area (Å²) < 4.78 is 0. The molecule has 4 nitrogen and oxygen atoms in total. The van der Waals surface area contributed by atoms with Gasteiger partial charge in [-0.25, -0.2) is 4.98 Å². The van der Waals surface area contributed by atoms with E-state index in [9.17, 15) is 4.79 Å². The maximum atomic E-state index is 11.9. The summed E-state index contributed by atoms with van der Waals surface area (Å²) in [6, 6.07) is 3.18. The molecule has 0 aliphatic heterocycles. The Bertz CT molecular complexity index is 590. The van der Waals surface area contributed by atoms with Gasteiger partial charge >= 0.3 is 0 Å². The van der Waals surface area contributed by atoms with Crippen molar-refractivity contribution >= 4 is 46.4 Å². The molecule has 7 heteroatoms. The number of amides is 1. The van der Waals surface area contributed by atoms with Crippen molar-refractivity contribution in [2.75, 3.05) is 5.32 Å². The average Bonchev–Trinajstić information content (AvgIpc) is 2.65. The third-order valence-corrected chi connectivity index (χ3v) is 3.33. The van der Waals surface area contributed by atoms with Crippen LogP contribution in [-0.4, -0.2) is 15.9 Å². The molecule has 2 aromatic heterocycles. The van der Waals surface area contributed by atoms with Crippen LogP contribution in [0.25, 0.3) is 0 Å². The molecule has 94 valence electrons. The molecular formula is C11H8Cl3N3O. The lowest BCUT2D eigenvalue weighted by Gasteiger charge is -2.04. The predicted octanol–water partition coefficient (Wildman–Crippen LogP) is 3.93. The van der Waals surface area contributed by atoms with E-state index in [1.54, 1.807) is 13.0 Å². The zero-order valence-electron chi connectivity index (χ0n) is 9.22. The Labute approximate surface area is 118 Å². The normalized spacial score (nSPS) is 10.4. The number of H-pyrrole nitrogens is 1. The lowest BCUT2D eigenvalue weighted by molar-refractivity contribution is 0.102. The summed E-state index contributed by atoms with van der Waals surface area (Å²) in [6.07, 6.45) is 1.47. The summed E-state index contributed by atoms with van der Waals surface area (Å²) in [7, 11) is 0. The number of hydrogen-bond donors (Lipinski definition) is 2. The van der Waals surface area contributed by atoms with Gasteiger partial charge < -0.3 is 10.3 Å². The second kappa shape index (κ2) is 5.18. The number of nitrogens with one attached hydrogen (secondary N) is 2. The van der Waals surface area contributed by atoms with Crippen molar-refractivity contribution in [3.05, 3.63) is 44.9 Å². The van der Waals surface area contributed by atoms with Crippen LogP contribution in [0.15, 0.2) is 18.3 Å². The van der Waals surface area contributed by atoms with Crippen molar-refractivity contribution in [1.82, 2.24) is 9.97 Å². The van der Waals surface area contributed by atoms with Gasteiger partial charge in [0.15, 0.2) is 0 Å². The van der Waals surface area contributed by atoms with Gasteiger partial charge in [0, 0.05) is 0 Å². The Morgan fingerprint density at radius 3 is 2.61 bits per heavy atom. The van der Waals surface area contributed by atoms with Crippen LogP contribution in [0.3, 0.4) is 0 Å². The minimum atomic E-state index is -0.354. The highest BCUT2D eigenvalue weighted by Crippen LogP contribution is 2.23. The quantitative estimate of drug-likeness (QED) is 0.826. The van der Waals surface area contributed by atoms with Gasteiger partial charge in [0.05, 0.1) is 16.9 Å². The van der Waals surface area contributed by atoms with Gasteiger partial charge in [-0.3, -0.25) is 4.79 Å². The molecule has 0 aromatic carbocycles. The number of halogens is 3. The van der Waals surface area contributed by atoms with Gasteiger partial charge in [0.2, 0.25) is 0 Å². The number of aromatic amines is 1. The summed E-state index contributed by atoms with van der Waals surface area (Å²) in [5, 5.41) is 3.59. The largest absolute Gasteiger partial charge is 0.340 e. The highest BCUT2D eigenvalue weighted by atomic mass is 35.5. The monoisotopic (exact) mass is 303 g/mol. The number of carbonyl (C=O) groups excluding carboxylic acids is 1. The number of carbonyl (C=O) groups is 1. The molecule has 0 fully saturated rings. The highest BCUT2D eigenvalue weighted by Gasteiger charge is 2.12. The van der Waals surface area contributed by atoms with E-state index in [1.807, 2.05) is 0 Å². The summed E-state index contributed by atoms with van der Waals surface area (Å²) in [5.74, 6) is -0.354. The van der Waals surface area contributed by atoms with E-state index in [1.165, 1.54) is 12.3 Å². The molecule has 0 bridgehead atoms. The topological polar surface area (TPSA) is 57.8 Å². The predicted molar refractivity (Wildman–Crippen MR) is 72.7 cm³/mol. The summed E-state index contributed by atoms with van der Waals surface area (Å²) in [4.78, 5) is 18.5. The molecule has 18 heavy (non-hydrogen) atoms. The molecule has 1 amide bonds. The summed E-state index contributed by atoms with van der Waals surface area (Å²) >= 11 is 17.3. The average molecular weight is 305 g/mol. The van der Waals surface area contributed by atoms with Gasteiger partial charge in [-0.05, 0) is 24.6 Å². The number of anilines is 1. The second-order valence-corrected chi connectivity index (χ2v) is 4.77.